The Bertz CT molecular complexity index is 1090. The number of carbonyl (C=O) groups excluding carboxylic acids is 2. The molecule has 2 aromatic carbocycles. The van der Waals surface area contributed by atoms with Gasteiger partial charge < -0.3 is 20.1 Å². The van der Waals surface area contributed by atoms with Gasteiger partial charge >= 0.3 is 0 Å². The third kappa shape index (κ3) is 6.45. The number of fused-ring (bicyclic) bond motifs is 1. The topological polar surface area (TPSA) is 114 Å². The quantitative estimate of drug-likeness (QED) is 0.501. The van der Waals surface area contributed by atoms with Gasteiger partial charge in [-0.25, -0.2) is 8.42 Å². The van der Waals surface area contributed by atoms with Crippen molar-refractivity contribution in [1.29, 1.82) is 0 Å². The predicted octanol–water partition coefficient (Wildman–Crippen LogP) is 1.33. The highest BCUT2D eigenvalue weighted by Gasteiger charge is 2.27. The maximum absolute atomic E-state index is 12.8. The van der Waals surface area contributed by atoms with E-state index in [0.717, 1.165) is 11.1 Å². The Balaban J connectivity index is 1.44. The molecule has 0 saturated carbocycles. The van der Waals surface area contributed by atoms with Gasteiger partial charge in [-0.05, 0) is 48.2 Å². The molecule has 0 atom stereocenters. The summed E-state index contributed by atoms with van der Waals surface area (Å²) in [7, 11) is -0.367. The molecule has 1 aliphatic rings. The number of carbonyl (C=O) groups is 2. The Morgan fingerprint density at radius 2 is 1.67 bits per heavy atom. The fourth-order valence-corrected chi connectivity index (χ4v) is 5.09. The Hall–Kier alpha value is -3.11. The third-order valence-corrected chi connectivity index (χ3v) is 7.33. The van der Waals surface area contributed by atoms with E-state index in [9.17, 15) is 18.0 Å². The van der Waals surface area contributed by atoms with Crippen LogP contribution >= 0.6 is 0 Å². The molecule has 178 valence electrons. The molecular formula is C23H29N3O6S. The number of nitrogens with zero attached hydrogens (tertiary/aromatic N) is 1. The first-order chi connectivity index (χ1) is 15.8. The highest BCUT2D eigenvalue weighted by atomic mass is 32.2. The monoisotopic (exact) mass is 475 g/mol. The largest absolute Gasteiger partial charge is 0.493 e. The van der Waals surface area contributed by atoms with Crippen LogP contribution < -0.4 is 20.1 Å². The SMILES string of the molecule is COc1cc2c(cc1OC)CN(S(=O)(=O)CCCNC(=O)CNC(=O)c1ccccc1)CC2. The molecule has 2 amide bonds. The number of benzene rings is 2. The van der Waals surface area contributed by atoms with E-state index in [-0.39, 0.29) is 43.6 Å². The van der Waals surface area contributed by atoms with Gasteiger partial charge in [0.2, 0.25) is 15.9 Å². The summed E-state index contributed by atoms with van der Waals surface area (Å²) in [5.41, 5.74) is 2.41. The summed E-state index contributed by atoms with van der Waals surface area (Å²) in [5.74, 6) is 0.408. The zero-order valence-electron chi connectivity index (χ0n) is 18.8. The highest BCUT2D eigenvalue weighted by molar-refractivity contribution is 7.89. The average Bonchev–Trinajstić information content (AvgIpc) is 2.84. The van der Waals surface area contributed by atoms with Crippen LogP contribution in [0.25, 0.3) is 0 Å². The van der Waals surface area contributed by atoms with Crippen LogP contribution in [0.5, 0.6) is 11.5 Å². The Morgan fingerprint density at radius 3 is 2.33 bits per heavy atom. The second-order valence-electron chi connectivity index (χ2n) is 7.63. The molecule has 0 spiro atoms. The summed E-state index contributed by atoms with van der Waals surface area (Å²) in [4.78, 5) is 23.9. The van der Waals surface area contributed by atoms with Crippen LogP contribution in [-0.4, -0.2) is 64.1 Å². The maximum atomic E-state index is 12.8. The van der Waals surface area contributed by atoms with Crippen LogP contribution in [0.1, 0.15) is 27.9 Å². The molecule has 0 radical (unpaired) electrons. The zero-order valence-corrected chi connectivity index (χ0v) is 19.6. The van der Waals surface area contributed by atoms with Gasteiger partial charge in [-0.2, -0.15) is 4.31 Å². The lowest BCUT2D eigenvalue weighted by molar-refractivity contribution is -0.120. The van der Waals surface area contributed by atoms with Gasteiger partial charge in [-0.15, -0.1) is 0 Å². The average molecular weight is 476 g/mol. The maximum Gasteiger partial charge on any atom is 0.251 e. The number of hydrogen-bond donors (Lipinski definition) is 2. The van der Waals surface area contributed by atoms with Gasteiger partial charge in [-0.1, -0.05) is 18.2 Å². The van der Waals surface area contributed by atoms with E-state index in [1.807, 2.05) is 12.1 Å². The molecule has 1 heterocycles. The molecule has 9 nitrogen and oxygen atoms in total. The normalized spacial score (nSPS) is 13.6. The van der Waals surface area contributed by atoms with Crippen LogP contribution in [0, 0.1) is 0 Å². The van der Waals surface area contributed by atoms with Crippen LogP contribution in [0.4, 0.5) is 0 Å². The van der Waals surface area contributed by atoms with Gasteiger partial charge in [0, 0.05) is 25.2 Å². The molecule has 2 N–H and O–H groups in total. The van der Waals surface area contributed by atoms with Gasteiger partial charge in [0.05, 0.1) is 26.5 Å². The van der Waals surface area contributed by atoms with Crippen LogP contribution in [-0.2, 0) is 27.8 Å². The van der Waals surface area contributed by atoms with Crippen LogP contribution in [0.15, 0.2) is 42.5 Å². The first-order valence-electron chi connectivity index (χ1n) is 10.7. The minimum atomic E-state index is -3.48. The Morgan fingerprint density at radius 1 is 1.00 bits per heavy atom. The number of methoxy groups -OCH3 is 2. The first kappa shape index (κ1) is 24.5. The lowest BCUT2D eigenvalue weighted by atomic mass is 10.0. The van der Waals surface area contributed by atoms with Gasteiger partial charge in [0.25, 0.3) is 5.91 Å². The summed E-state index contributed by atoms with van der Waals surface area (Å²) in [6.45, 7) is 0.696. The molecule has 0 bridgehead atoms. The van der Waals surface area contributed by atoms with Crippen molar-refractivity contribution in [2.75, 3.05) is 39.6 Å². The van der Waals surface area contributed by atoms with Gasteiger partial charge in [-0.3, -0.25) is 9.59 Å². The van der Waals surface area contributed by atoms with E-state index < -0.39 is 10.0 Å². The van der Waals surface area contributed by atoms with Crippen molar-refractivity contribution in [2.45, 2.75) is 19.4 Å². The molecule has 1 aliphatic heterocycles. The molecule has 10 heteroatoms. The molecule has 0 aromatic heterocycles. The van der Waals surface area contributed by atoms with Crippen molar-refractivity contribution in [3.8, 4) is 11.5 Å². The number of rotatable bonds is 10. The predicted molar refractivity (Wildman–Crippen MR) is 124 cm³/mol. The van der Waals surface area contributed by atoms with Crippen molar-refractivity contribution in [1.82, 2.24) is 14.9 Å². The summed E-state index contributed by atoms with van der Waals surface area (Å²) < 4.78 is 37.7. The standard InChI is InChI=1S/C23H29N3O6S/c1-31-20-13-18-9-11-26(16-19(18)14-21(20)32-2)33(29,30)12-6-10-24-22(27)15-25-23(28)17-7-4-3-5-8-17/h3-5,7-8,13-14H,6,9-12,15-16H2,1-2H3,(H,24,27)(H,25,28). The number of amides is 2. The second kappa shape index (κ2) is 11.2. The lowest BCUT2D eigenvalue weighted by Gasteiger charge is -2.29. The lowest BCUT2D eigenvalue weighted by Crippen LogP contribution is -2.39. The number of sulfonamides is 1. The highest BCUT2D eigenvalue weighted by Crippen LogP contribution is 2.33. The fourth-order valence-electron chi connectivity index (χ4n) is 3.62. The van der Waals surface area contributed by atoms with Gasteiger partial charge in [0.15, 0.2) is 11.5 Å². The number of hydrogen-bond acceptors (Lipinski definition) is 6. The number of ether oxygens (including phenoxy) is 2. The van der Waals surface area contributed by atoms with Crippen molar-refractivity contribution in [3.05, 3.63) is 59.2 Å². The summed E-state index contributed by atoms with van der Waals surface area (Å²) in [6, 6.07) is 12.3. The van der Waals surface area contributed by atoms with Crippen molar-refractivity contribution < 1.29 is 27.5 Å². The summed E-state index contributed by atoms with van der Waals surface area (Å²) >= 11 is 0. The smallest absolute Gasteiger partial charge is 0.251 e. The molecule has 33 heavy (non-hydrogen) atoms. The van der Waals surface area contributed by atoms with E-state index in [4.69, 9.17) is 9.47 Å². The Kier molecular flexibility index (Phi) is 8.29. The van der Waals surface area contributed by atoms with Gasteiger partial charge in [0.1, 0.15) is 0 Å². The molecule has 2 aromatic rings. The van der Waals surface area contributed by atoms with E-state index in [1.54, 1.807) is 44.6 Å². The zero-order chi connectivity index (χ0) is 23.8. The summed E-state index contributed by atoms with van der Waals surface area (Å²) in [5, 5.41) is 5.18. The van der Waals surface area contributed by atoms with Crippen LogP contribution in [0.2, 0.25) is 0 Å². The van der Waals surface area contributed by atoms with Crippen molar-refractivity contribution in [2.24, 2.45) is 0 Å². The molecular weight excluding hydrogens is 446 g/mol. The van der Waals surface area contributed by atoms with E-state index in [2.05, 4.69) is 10.6 Å². The molecule has 0 fully saturated rings. The first-order valence-corrected chi connectivity index (χ1v) is 12.3. The summed E-state index contributed by atoms with van der Waals surface area (Å²) in [6.07, 6.45) is 0.864. The fraction of sp³-hybridized carbons (Fsp3) is 0.391. The van der Waals surface area contributed by atoms with Crippen LogP contribution in [0.3, 0.4) is 0 Å². The third-order valence-electron chi connectivity index (χ3n) is 5.42. The Labute approximate surface area is 194 Å². The van der Waals surface area contributed by atoms with Crippen molar-refractivity contribution >= 4 is 21.8 Å². The minimum absolute atomic E-state index is 0.0771. The van der Waals surface area contributed by atoms with E-state index >= 15 is 0 Å². The second-order valence-corrected chi connectivity index (χ2v) is 9.72. The van der Waals surface area contributed by atoms with E-state index in [1.165, 1.54) is 4.31 Å². The molecule has 0 unspecified atom stereocenters. The molecule has 0 aliphatic carbocycles. The minimum Gasteiger partial charge on any atom is -0.493 e. The molecule has 3 rings (SSSR count). The van der Waals surface area contributed by atoms with Crippen molar-refractivity contribution in [3.63, 3.8) is 0 Å². The van der Waals surface area contributed by atoms with E-state index in [0.29, 0.717) is 30.0 Å². The number of nitrogens with one attached hydrogen (secondary N) is 2. The molecule has 0 saturated heterocycles.